The molecule has 0 aliphatic carbocycles. The van der Waals surface area contributed by atoms with E-state index in [1.807, 2.05) is 6.92 Å². The molecule has 108 valence electrons. The van der Waals surface area contributed by atoms with Crippen molar-refractivity contribution in [2.24, 2.45) is 0 Å². The minimum Gasteiger partial charge on any atom is -0.467 e. The fraction of sp³-hybridized carbons (Fsp3) is 0.214. The van der Waals surface area contributed by atoms with Crippen molar-refractivity contribution in [3.63, 3.8) is 0 Å². The minimum atomic E-state index is -0.424. The van der Waals surface area contributed by atoms with Gasteiger partial charge in [-0.15, -0.1) is 0 Å². The van der Waals surface area contributed by atoms with E-state index in [-0.39, 0.29) is 17.4 Å². The Morgan fingerprint density at radius 3 is 2.86 bits per heavy atom. The molecule has 6 nitrogen and oxygen atoms in total. The largest absolute Gasteiger partial charge is 0.467 e. The van der Waals surface area contributed by atoms with Crippen molar-refractivity contribution >= 4 is 16.9 Å². The Morgan fingerprint density at radius 1 is 1.29 bits per heavy atom. The number of ether oxygens (including phenoxy) is 1. The molecule has 0 atom stereocenters. The zero-order valence-corrected chi connectivity index (χ0v) is 11.6. The molecule has 1 aromatic carbocycles. The molecule has 2 heterocycles. The number of hydrogen-bond donors (Lipinski definition) is 1. The first-order valence-electron chi connectivity index (χ1n) is 6.43. The molecule has 3 rings (SSSR count). The van der Waals surface area contributed by atoms with Crippen LogP contribution in [0.2, 0.25) is 0 Å². The minimum absolute atomic E-state index is 0.164. The van der Waals surface area contributed by atoms with Crippen LogP contribution in [0.25, 0.3) is 22.6 Å². The molecule has 21 heavy (non-hydrogen) atoms. The van der Waals surface area contributed by atoms with Gasteiger partial charge in [0.05, 0.1) is 7.11 Å². The van der Waals surface area contributed by atoms with E-state index in [2.05, 4.69) is 20.3 Å². The van der Waals surface area contributed by atoms with E-state index in [0.29, 0.717) is 23.6 Å². The van der Waals surface area contributed by atoms with Crippen LogP contribution in [-0.2, 0) is 0 Å². The first-order valence-corrected chi connectivity index (χ1v) is 6.43. The number of benzene rings is 1. The smallest absolute Gasteiger partial charge is 0.321 e. The summed E-state index contributed by atoms with van der Waals surface area (Å²) in [5.41, 5.74) is 0.178. The Labute approximate surface area is 120 Å². The number of anilines is 1. The van der Waals surface area contributed by atoms with Gasteiger partial charge in [-0.3, -0.25) is 0 Å². The molecule has 0 saturated carbocycles. The number of halogens is 1. The Balaban J connectivity index is 2.12. The van der Waals surface area contributed by atoms with Crippen LogP contribution in [0.15, 0.2) is 28.7 Å². The summed E-state index contributed by atoms with van der Waals surface area (Å²) in [6.45, 7) is 2.58. The second-order valence-corrected chi connectivity index (χ2v) is 4.27. The lowest BCUT2D eigenvalue weighted by Gasteiger charge is -2.04. The van der Waals surface area contributed by atoms with Gasteiger partial charge in [-0.25, -0.2) is 4.39 Å². The van der Waals surface area contributed by atoms with Gasteiger partial charge in [-0.05, 0) is 19.1 Å². The third-order valence-electron chi connectivity index (χ3n) is 2.85. The van der Waals surface area contributed by atoms with Crippen LogP contribution in [0, 0.1) is 5.82 Å². The number of methoxy groups -OCH3 is 1. The summed E-state index contributed by atoms with van der Waals surface area (Å²) >= 11 is 0. The van der Waals surface area contributed by atoms with Crippen LogP contribution in [0.1, 0.15) is 6.92 Å². The summed E-state index contributed by atoms with van der Waals surface area (Å²) in [6, 6.07) is 6.57. The second-order valence-electron chi connectivity index (χ2n) is 4.27. The van der Waals surface area contributed by atoms with Gasteiger partial charge < -0.3 is 14.5 Å². The Kier molecular flexibility index (Phi) is 3.39. The molecule has 0 spiro atoms. The third kappa shape index (κ3) is 2.49. The molecular formula is C14H13FN4O2. The van der Waals surface area contributed by atoms with Gasteiger partial charge in [0.25, 0.3) is 0 Å². The summed E-state index contributed by atoms with van der Waals surface area (Å²) in [7, 11) is 1.47. The van der Waals surface area contributed by atoms with Crippen LogP contribution >= 0.6 is 0 Å². The monoisotopic (exact) mass is 288 g/mol. The first kappa shape index (κ1) is 13.3. The third-order valence-corrected chi connectivity index (χ3v) is 2.85. The lowest BCUT2D eigenvalue weighted by atomic mass is 10.2. The van der Waals surface area contributed by atoms with Gasteiger partial charge in [0, 0.05) is 11.9 Å². The maximum absolute atomic E-state index is 13.7. The van der Waals surface area contributed by atoms with Crippen molar-refractivity contribution < 1.29 is 13.5 Å². The number of aromatic nitrogens is 3. The highest BCUT2D eigenvalue weighted by Crippen LogP contribution is 2.28. The van der Waals surface area contributed by atoms with Crippen molar-refractivity contribution in [1.82, 2.24) is 15.0 Å². The summed E-state index contributed by atoms with van der Waals surface area (Å²) in [4.78, 5) is 12.4. The van der Waals surface area contributed by atoms with Gasteiger partial charge in [-0.1, -0.05) is 12.1 Å². The topological polar surface area (TPSA) is 73.1 Å². The molecule has 2 aromatic heterocycles. The molecule has 0 aliphatic heterocycles. The molecule has 0 radical (unpaired) electrons. The number of nitrogens with zero attached hydrogens (tertiary/aromatic N) is 3. The molecule has 3 aromatic rings. The van der Waals surface area contributed by atoms with Crippen molar-refractivity contribution in [3.05, 3.63) is 30.1 Å². The molecule has 0 aliphatic rings. The zero-order chi connectivity index (χ0) is 14.8. The SMILES string of the molecule is CCNc1nc(OC)nc(-c2cc3cccc(F)c3o2)n1. The predicted molar refractivity (Wildman–Crippen MR) is 75.7 cm³/mol. The van der Waals surface area contributed by atoms with E-state index in [1.165, 1.54) is 13.2 Å². The van der Waals surface area contributed by atoms with E-state index in [9.17, 15) is 4.39 Å². The van der Waals surface area contributed by atoms with Gasteiger partial charge in [0.15, 0.2) is 17.2 Å². The van der Waals surface area contributed by atoms with E-state index >= 15 is 0 Å². The lowest BCUT2D eigenvalue weighted by Crippen LogP contribution is -2.06. The molecule has 0 amide bonds. The number of furan rings is 1. The van der Waals surface area contributed by atoms with Crippen LogP contribution in [0.5, 0.6) is 6.01 Å². The second kappa shape index (κ2) is 5.35. The Bertz CT molecular complexity index is 788. The highest BCUT2D eigenvalue weighted by atomic mass is 19.1. The fourth-order valence-corrected chi connectivity index (χ4v) is 1.93. The molecule has 1 N–H and O–H groups in total. The average molecular weight is 288 g/mol. The van der Waals surface area contributed by atoms with Crippen molar-refractivity contribution in [3.8, 4) is 17.6 Å². The summed E-state index contributed by atoms with van der Waals surface area (Å²) < 4.78 is 24.2. The van der Waals surface area contributed by atoms with Crippen LogP contribution in [0.4, 0.5) is 10.3 Å². The number of fused-ring (bicyclic) bond motifs is 1. The van der Waals surface area contributed by atoms with Crippen LogP contribution in [-0.4, -0.2) is 28.6 Å². The molecule has 7 heteroatoms. The summed E-state index contributed by atoms with van der Waals surface area (Å²) in [5, 5.41) is 3.63. The maximum Gasteiger partial charge on any atom is 0.321 e. The van der Waals surface area contributed by atoms with E-state index in [0.717, 1.165) is 0 Å². The molecule has 0 saturated heterocycles. The van der Waals surface area contributed by atoms with Crippen LogP contribution in [0.3, 0.4) is 0 Å². The number of para-hydroxylation sites is 1. The Morgan fingerprint density at radius 2 is 2.14 bits per heavy atom. The quantitative estimate of drug-likeness (QED) is 0.795. The van der Waals surface area contributed by atoms with Crippen molar-refractivity contribution in [2.75, 3.05) is 19.0 Å². The van der Waals surface area contributed by atoms with Crippen molar-refractivity contribution in [1.29, 1.82) is 0 Å². The molecule has 0 unspecified atom stereocenters. The predicted octanol–water partition coefficient (Wildman–Crippen LogP) is 2.86. The highest BCUT2D eigenvalue weighted by Gasteiger charge is 2.14. The highest BCUT2D eigenvalue weighted by molar-refractivity contribution is 5.82. The first-order chi connectivity index (χ1) is 10.2. The molecular weight excluding hydrogens is 275 g/mol. The average Bonchev–Trinajstić information content (AvgIpc) is 2.93. The molecule has 0 bridgehead atoms. The standard InChI is InChI=1S/C14H13FN4O2/c1-3-16-13-17-12(18-14(19-13)20-2)10-7-8-5-4-6-9(15)11(8)21-10/h4-7H,3H2,1-2H3,(H,16,17,18,19). The van der Waals surface area contributed by atoms with E-state index in [4.69, 9.17) is 9.15 Å². The van der Waals surface area contributed by atoms with Gasteiger partial charge in [0.1, 0.15) is 0 Å². The van der Waals surface area contributed by atoms with E-state index < -0.39 is 5.82 Å². The van der Waals surface area contributed by atoms with Gasteiger partial charge in [-0.2, -0.15) is 15.0 Å². The van der Waals surface area contributed by atoms with Crippen molar-refractivity contribution in [2.45, 2.75) is 6.92 Å². The number of rotatable bonds is 4. The number of hydrogen-bond acceptors (Lipinski definition) is 6. The number of nitrogens with one attached hydrogen (secondary N) is 1. The summed E-state index contributed by atoms with van der Waals surface area (Å²) in [5.74, 6) is 0.593. The summed E-state index contributed by atoms with van der Waals surface area (Å²) in [6.07, 6.45) is 0. The normalized spacial score (nSPS) is 10.8. The van der Waals surface area contributed by atoms with E-state index in [1.54, 1.807) is 18.2 Å². The van der Waals surface area contributed by atoms with Gasteiger partial charge >= 0.3 is 6.01 Å². The molecule has 0 fully saturated rings. The van der Waals surface area contributed by atoms with Gasteiger partial charge in [0.2, 0.25) is 11.8 Å². The zero-order valence-electron chi connectivity index (χ0n) is 11.6. The fourth-order valence-electron chi connectivity index (χ4n) is 1.93. The lowest BCUT2D eigenvalue weighted by molar-refractivity contribution is 0.379. The Hall–Kier alpha value is -2.70. The van der Waals surface area contributed by atoms with Crippen LogP contribution < -0.4 is 10.1 Å². The maximum atomic E-state index is 13.7.